The molecule has 2 aromatic carbocycles. The largest absolute Gasteiger partial charge is 0.493 e. The lowest BCUT2D eigenvalue weighted by Gasteiger charge is -2.13. The van der Waals surface area contributed by atoms with E-state index in [1.807, 2.05) is 32.0 Å². The van der Waals surface area contributed by atoms with Gasteiger partial charge in [-0.15, -0.1) is 0 Å². The number of aryl methyl sites for hydroxylation is 2. The molecule has 0 radical (unpaired) electrons. The Labute approximate surface area is 170 Å². The van der Waals surface area contributed by atoms with Crippen molar-refractivity contribution < 1.29 is 28.6 Å². The predicted octanol–water partition coefficient (Wildman–Crippen LogP) is 3.33. The SMILES string of the molecule is CCc1cccc(C)c1NC(=O)COC(=O)COc1ccc(C(C)=O)cc1OC. The second-order valence-corrected chi connectivity index (χ2v) is 6.38. The molecule has 0 saturated carbocycles. The number of carbonyl (C=O) groups excluding carboxylic acids is 3. The minimum Gasteiger partial charge on any atom is -0.493 e. The number of anilines is 1. The molecule has 2 aromatic rings. The Morgan fingerprint density at radius 3 is 2.45 bits per heavy atom. The van der Waals surface area contributed by atoms with Gasteiger partial charge in [0, 0.05) is 11.3 Å². The van der Waals surface area contributed by atoms with Crippen LogP contribution >= 0.6 is 0 Å². The van der Waals surface area contributed by atoms with Crippen molar-refractivity contribution in [2.24, 2.45) is 0 Å². The lowest BCUT2D eigenvalue weighted by atomic mass is 10.1. The van der Waals surface area contributed by atoms with E-state index in [-0.39, 0.29) is 5.78 Å². The molecule has 29 heavy (non-hydrogen) atoms. The Hall–Kier alpha value is -3.35. The summed E-state index contributed by atoms with van der Waals surface area (Å²) in [5.74, 6) is -0.606. The summed E-state index contributed by atoms with van der Waals surface area (Å²) in [6, 6.07) is 10.4. The second-order valence-electron chi connectivity index (χ2n) is 6.38. The van der Waals surface area contributed by atoms with Gasteiger partial charge in [0.2, 0.25) is 0 Å². The summed E-state index contributed by atoms with van der Waals surface area (Å²) in [7, 11) is 1.44. The molecular weight excluding hydrogens is 374 g/mol. The van der Waals surface area contributed by atoms with Crippen molar-refractivity contribution in [3.8, 4) is 11.5 Å². The number of hydrogen-bond acceptors (Lipinski definition) is 6. The lowest BCUT2D eigenvalue weighted by molar-refractivity contribution is -0.149. The van der Waals surface area contributed by atoms with Crippen molar-refractivity contribution in [3.63, 3.8) is 0 Å². The summed E-state index contributed by atoms with van der Waals surface area (Å²) in [4.78, 5) is 35.5. The minimum atomic E-state index is -0.696. The van der Waals surface area contributed by atoms with Crippen LogP contribution in [-0.2, 0) is 20.7 Å². The summed E-state index contributed by atoms with van der Waals surface area (Å²) in [6.45, 7) is 4.53. The number of nitrogens with one attached hydrogen (secondary N) is 1. The lowest BCUT2D eigenvalue weighted by Crippen LogP contribution is -2.24. The van der Waals surface area contributed by atoms with Gasteiger partial charge in [-0.2, -0.15) is 0 Å². The van der Waals surface area contributed by atoms with Crippen LogP contribution in [0, 0.1) is 6.92 Å². The van der Waals surface area contributed by atoms with Gasteiger partial charge in [0.15, 0.2) is 30.5 Å². The van der Waals surface area contributed by atoms with Crippen molar-refractivity contribution in [1.82, 2.24) is 0 Å². The smallest absolute Gasteiger partial charge is 0.344 e. The fourth-order valence-electron chi connectivity index (χ4n) is 2.71. The van der Waals surface area contributed by atoms with Crippen LogP contribution in [0.15, 0.2) is 36.4 Å². The predicted molar refractivity (Wildman–Crippen MR) is 109 cm³/mol. The van der Waals surface area contributed by atoms with Gasteiger partial charge in [0.25, 0.3) is 5.91 Å². The maximum absolute atomic E-state index is 12.1. The normalized spacial score (nSPS) is 10.2. The quantitative estimate of drug-likeness (QED) is 0.514. The number of amides is 1. The fraction of sp³-hybridized carbons (Fsp3) is 0.318. The molecule has 154 valence electrons. The average molecular weight is 399 g/mol. The minimum absolute atomic E-state index is 0.111. The van der Waals surface area contributed by atoms with Crippen LogP contribution in [0.4, 0.5) is 5.69 Å². The number of Topliss-reactive ketones (excluding diaryl/α,β-unsaturated/α-hetero) is 1. The number of rotatable bonds is 9. The van der Waals surface area contributed by atoms with Crippen molar-refractivity contribution in [2.45, 2.75) is 27.2 Å². The van der Waals surface area contributed by atoms with Gasteiger partial charge in [-0.05, 0) is 49.6 Å². The molecule has 0 aliphatic heterocycles. The van der Waals surface area contributed by atoms with E-state index in [1.165, 1.54) is 20.1 Å². The molecule has 0 aliphatic carbocycles. The van der Waals surface area contributed by atoms with E-state index in [4.69, 9.17) is 14.2 Å². The molecule has 0 aliphatic rings. The maximum Gasteiger partial charge on any atom is 0.344 e. The second kappa shape index (κ2) is 10.3. The van der Waals surface area contributed by atoms with Gasteiger partial charge in [-0.25, -0.2) is 4.79 Å². The highest BCUT2D eigenvalue weighted by Gasteiger charge is 2.14. The van der Waals surface area contributed by atoms with E-state index in [0.717, 1.165) is 23.2 Å². The number of ketones is 1. The highest BCUT2D eigenvalue weighted by Crippen LogP contribution is 2.28. The highest BCUT2D eigenvalue weighted by molar-refractivity contribution is 5.95. The van der Waals surface area contributed by atoms with Crippen molar-refractivity contribution in [3.05, 3.63) is 53.1 Å². The van der Waals surface area contributed by atoms with Crippen molar-refractivity contribution in [1.29, 1.82) is 0 Å². The van der Waals surface area contributed by atoms with Crippen LogP contribution in [0.1, 0.15) is 35.3 Å². The first kappa shape index (κ1) is 21.9. The Kier molecular flexibility index (Phi) is 7.77. The van der Waals surface area contributed by atoms with Gasteiger partial charge < -0.3 is 19.5 Å². The third-order valence-corrected chi connectivity index (χ3v) is 4.28. The molecule has 2 rings (SSSR count). The van der Waals surface area contributed by atoms with Crippen LogP contribution in [-0.4, -0.2) is 38.0 Å². The zero-order chi connectivity index (χ0) is 21.4. The Bertz CT molecular complexity index is 906. The maximum atomic E-state index is 12.1. The number of carbonyl (C=O) groups is 3. The number of esters is 1. The van der Waals surface area contributed by atoms with Gasteiger partial charge in [-0.1, -0.05) is 25.1 Å². The molecule has 0 saturated heterocycles. The standard InChI is InChI=1S/C22H25NO6/c1-5-16-8-6-7-14(2)22(16)23-20(25)12-29-21(26)13-28-18-10-9-17(15(3)24)11-19(18)27-4/h6-11H,5,12-13H2,1-4H3,(H,23,25). The Morgan fingerprint density at radius 2 is 1.79 bits per heavy atom. The molecule has 0 fully saturated rings. The van der Waals surface area contributed by atoms with E-state index >= 15 is 0 Å². The molecular formula is C22H25NO6. The first-order valence-corrected chi connectivity index (χ1v) is 9.21. The number of ether oxygens (including phenoxy) is 3. The molecule has 1 N–H and O–H groups in total. The topological polar surface area (TPSA) is 90.9 Å². The Balaban J connectivity index is 1.88. The Morgan fingerprint density at radius 1 is 1.03 bits per heavy atom. The molecule has 0 aromatic heterocycles. The number of hydrogen-bond donors (Lipinski definition) is 1. The van der Waals surface area contributed by atoms with Gasteiger partial charge in [0.05, 0.1) is 7.11 Å². The molecule has 7 nitrogen and oxygen atoms in total. The van der Waals surface area contributed by atoms with Crippen LogP contribution in [0.3, 0.4) is 0 Å². The van der Waals surface area contributed by atoms with E-state index in [9.17, 15) is 14.4 Å². The molecule has 0 unspecified atom stereocenters. The molecule has 0 spiro atoms. The highest BCUT2D eigenvalue weighted by atomic mass is 16.6. The molecule has 0 bridgehead atoms. The summed E-state index contributed by atoms with van der Waals surface area (Å²) in [5.41, 5.74) is 3.15. The third kappa shape index (κ3) is 6.07. The van der Waals surface area contributed by atoms with Crippen LogP contribution in [0.25, 0.3) is 0 Å². The third-order valence-electron chi connectivity index (χ3n) is 4.28. The number of methoxy groups -OCH3 is 1. The summed E-state index contributed by atoms with van der Waals surface area (Å²) in [6.07, 6.45) is 0.773. The summed E-state index contributed by atoms with van der Waals surface area (Å²) >= 11 is 0. The molecule has 0 heterocycles. The molecule has 7 heteroatoms. The first-order chi connectivity index (χ1) is 13.8. The zero-order valence-electron chi connectivity index (χ0n) is 17.0. The van der Waals surface area contributed by atoms with E-state index < -0.39 is 25.1 Å². The number of benzene rings is 2. The van der Waals surface area contributed by atoms with Crippen molar-refractivity contribution >= 4 is 23.3 Å². The van der Waals surface area contributed by atoms with E-state index in [2.05, 4.69) is 5.32 Å². The van der Waals surface area contributed by atoms with E-state index in [0.29, 0.717) is 17.1 Å². The van der Waals surface area contributed by atoms with Gasteiger partial charge in [-0.3, -0.25) is 9.59 Å². The van der Waals surface area contributed by atoms with Crippen molar-refractivity contribution in [2.75, 3.05) is 25.6 Å². The van der Waals surface area contributed by atoms with Crippen LogP contribution in [0.2, 0.25) is 0 Å². The molecule has 1 amide bonds. The van der Waals surface area contributed by atoms with Gasteiger partial charge >= 0.3 is 5.97 Å². The van der Waals surface area contributed by atoms with Crippen LogP contribution in [0.5, 0.6) is 11.5 Å². The van der Waals surface area contributed by atoms with Crippen LogP contribution < -0.4 is 14.8 Å². The zero-order valence-corrected chi connectivity index (χ0v) is 17.0. The number of para-hydroxylation sites is 1. The monoisotopic (exact) mass is 399 g/mol. The summed E-state index contributed by atoms with van der Waals surface area (Å²) in [5, 5.41) is 2.79. The van der Waals surface area contributed by atoms with Gasteiger partial charge in [0.1, 0.15) is 0 Å². The van der Waals surface area contributed by atoms with E-state index in [1.54, 1.807) is 12.1 Å². The average Bonchev–Trinajstić information content (AvgIpc) is 2.71. The summed E-state index contributed by atoms with van der Waals surface area (Å²) < 4.78 is 15.5. The molecule has 0 atom stereocenters. The fourth-order valence-corrected chi connectivity index (χ4v) is 2.71. The first-order valence-electron chi connectivity index (χ1n) is 9.21.